The molecule has 510 valence electrons. The third-order valence-corrected chi connectivity index (χ3v) is 24.9. The zero-order valence-corrected chi connectivity index (χ0v) is 59.9. The molecular formula is C72H68Br3Cl2N13O9. The van der Waals surface area contributed by atoms with E-state index in [1.807, 2.05) is 144 Å². The molecule has 0 radical (unpaired) electrons. The normalized spacial score (nSPS) is 29.6. The number of nitrogens with zero attached hydrogens (tertiary/aromatic N) is 12. The van der Waals surface area contributed by atoms with Crippen LogP contribution < -0.4 is 5.73 Å². The summed E-state index contributed by atoms with van der Waals surface area (Å²) in [6.07, 6.45) is 8.07. The summed E-state index contributed by atoms with van der Waals surface area (Å²) in [5, 5.41) is 73.2. The van der Waals surface area contributed by atoms with Crippen molar-refractivity contribution in [3.63, 3.8) is 0 Å². The van der Waals surface area contributed by atoms with Gasteiger partial charge in [0, 0.05) is 67.2 Å². The lowest BCUT2D eigenvalue weighted by atomic mass is 9.80. The van der Waals surface area contributed by atoms with E-state index in [-0.39, 0.29) is 36.4 Å². The lowest BCUT2D eigenvalue weighted by molar-refractivity contribution is -0.0309. The lowest BCUT2D eigenvalue weighted by Crippen LogP contribution is -2.37. The third kappa shape index (κ3) is 11.5. The van der Waals surface area contributed by atoms with E-state index < -0.39 is 52.9 Å². The lowest BCUT2D eigenvalue weighted by Gasteiger charge is -2.26. The number of ether oxygens (including phenoxy) is 3. The number of pyridine rings is 3. The monoisotopic (exact) mass is 1570 g/mol. The minimum atomic E-state index is -0.910. The van der Waals surface area contributed by atoms with Gasteiger partial charge >= 0.3 is 0 Å². The summed E-state index contributed by atoms with van der Waals surface area (Å²) in [6, 6.07) is 29.0. The molecule has 0 bridgehead atoms. The van der Waals surface area contributed by atoms with Crippen LogP contribution in [0.25, 0.3) is 65.8 Å². The summed E-state index contributed by atoms with van der Waals surface area (Å²) < 4.78 is 26.8. The number of aliphatic hydroxyl groups is 6. The Morgan fingerprint density at radius 1 is 0.424 bits per heavy atom. The van der Waals surface area contributed by atoms with Gasteiger partial charge in [0.25, 0.3) is 0 Å². The average molecular weight is 1570 g/mol. The Hall–Kier alpha value is -6.79. The van der Waals surface area contributed by atoms with Gasteiger partial charge in [-0.25, -0.2) is 44.9 Å². The Morgan fingerprint density at radius 2 is 0.737 bits per heavy atom. The molecule has 9 aromatic heterocycles. The molecule has 18 rings (SSSR count). The fourth-order valence-electron chi connectivity index (χ4n) is 16.6. The number of nitrogens with two attached hydrogens (primary N) is 1. The second-order valence-corrected chi connectivity index (χ2v) is 31.0. The van der Waals surface area contributed by atoms with E-state index >= 15 is 0 Å². The summed E-state index contributed by atoms with van der Waals surface area (Å²) in [7, 11) is 0. The number of hydrogen-bond acceptors (Lipinski definition) is 19. The Labute approximate surface area is 602 Å². The molecule has 3 aromatic carbocycles. The van der Waals surface area contributed by atoms with Crippen LogP contribution in [0.2, 0.25) is 10.3 Å². The molecule has 15 atom stereocenters. The van der Waals surface area contributed by atoms with Crippen molar-refractivity contribution in [3.05, 3.63) is 186 Å². The van der Waals surface area contributed by atoms with Crippen LogP contribution in [-0.2, 0) is 14.2 Å². The second-order valence-electron chi connectivity index (χ2n) is 27.7. The first-order valence-corrected chi connectivity index (χ1v) is 35.9. The van der Waals surface area contributed by atoms with E-state index in [2.05, 4.69) is 92.6 Å². The molecule has 27 heteroatoms. The number of halogens is 5. The highest BCUT2D eigenvalue weighted by Crippen LogP contribution is 2.58. The van der Waals surface area contributed by atoms with Crippen molar-refractivity contribution in [2.75, 3.05) is 25.6 Å². The maximum atomic E-state index is 11.1. The number of benzene rings is 3. The second kappa shape index (κ2) is 25.6. The van der Waals surface area contributed by atoms with E-state index in [1.165, 1.54) is 19.0 Å². The zero-order valence-electron chi connectivity index (χ0n) is 53.7. The van der Waals surface area contributed by atoms with Gasteiger partial charge in [0.2, 0.25) is 0 Å². The van der Waals surface area contributed by atoms with Crippen molar-refractivity contribution in [2.24, 2.45) is 16.2 Å². The number of rotatable bonds is 6. The molecular weight excluding hydrogens is 1500 g/mol. The minimum Gasteiger partial charge on any atom is -0.390 e. The SMILES string of the molecule is Cc1ncnc2c1ccn2[C@@H]1C[C@@]2(CO[C@@H](c3ccc4cc(Br)c(Cl)nc4c3)C2)[C@@H](O)[C@H]1O.Cc1ncnc2c1ccn2[C@@H]1C[C@@]2(CO[C@@H](c3ccc4cc(Br)c(N)nc4c3)C2)[C@@H](O)[C@H]1O.Cc1ncnc2c1ccn2[C@@H]1C[C@@]2(CO[C@H](c3ccc4cc(Br)c(Cl)nc4c3)C2)[C@@H](O)[C@H]1O. The number of aryl methyl sites for hydroxylation is 3. The first-order chi connectivity index (χ1) is 47.6. The Morgan fingerprint density at radius 3 is 1.07 bits per heavy atom. The van der Waals surface area contributed by atoms with Crippen LogP contribution in [0.3, 0.4) is 0 Å². The molecule has 0 amide bonds. The van der Waals surface area contributed by atoms with E-state index in [0.717, 1.165) is 113 Å². The molecule has 0 unspecified atom stereocenters. The van der Waals surface area contributed by atoms with Gasteiger partial charge in [-0.05, 0) is 178 Å². The maximum absolute atomic E-state index is 11.1. The highest BCUT2D eigenvalue weighted by molar-refractivity contribution is 9.11. The number of aromatic nitrogens is 12. The van der Waals surface area contributed by atoms with Gasteiger partial charge in [0.15, 0.2) is 0 Å². The van der Waals surface area contributed by atoms with Gasteiger partial charge in [0.1, 0.15) is 70.4 Å². The number of anilines is 1. The molecule has 8 N–H and O–H groups in total. The van der Waals surface area contributed by atoms with Gasteiger partial charge < -0.3 is 64.3 Å². The number of fused-ring (bicyclic) bond motifs is 6. The fourth-order valence-corrected chi connectivity index (χ4v) is 17.9. The third-order valence-electron chi connectivity index (χ3n) is 22.0. The molecule has 3 aliphatic heterocycles. The van der Waals surface area contributed by atoms with Gasteiger partial charge in [-0.2, -0.15) is 0 Å². The van der Waals surface area contributed by atoms with E-state index in [4.69, 9.17) is 43.1 Å². The minimum absolute atomic E-state index is 0.187. The zero-order chi connectivity index (χ0) is 68.7. The number of nitrogen functional groups attached to an aromatic ring is 1. The summed E-state index contributed by atoms with van der Waals surface area (Å²) in [4.78, 5) is 39.5. The van der Waals surface area contributed by atoms with Crippen LogP contribution in [0.1, 0.15) is 109 Å². The molecule has 6 aliphatic rings. The Bertz CT molecular complexity index is 4690. The molecule has 3 saturated carbocycles. The molecule has 22 nitrogen and oxygen atoms in total. The molecule has 3 saturated heterocycles. The van der Waals surface area contributed by atoms with Crippen LogP contribution >= 0.6 is 71.0 Å². The predicted molar refractivity (Wildman–Crippen MR) is 384 cm³/mol. The van der Waals surface area contributed by atoms with E-state index in [1.54, 1.807) is 0 Å². The fraction of sp³-hybridized carbons (Fsp3) is 0.375. The van der Waals surface area contributed by atoms with Crippen LogP contribution in [0.15, 0.2) is 142 Å². The average Bonchev–Trinajstić information content (AvgIpc) is 1.69. The molecule has 6 fully saturated rings. The Balaban J connectivity index is 0.000000116. The van der Waals surface area contributed by atoms with Crippen molar-refractivity contribution in [2.45, 2.75) is 132 Å². The molecule has 3 aliphatic carbocycles. The molecule has 12 heterocycles. The number of hydrogen-bond donors (Lipinski definition) is 7. The van der Waals surface area contributed by atoms with Crippen molar-refractivity contribution in [3.8, 4) is 0 Å². The van der Waals surface area contributed by atoms with Crippen molar-refractivity contribution in [1.82, 2.24) is 58.6 Å². The summed E-state index contributed by atoms with van der Waals surface area (Å²) in [5.41, 5.74) is 14.7. The van der Waals surface area contributed by atoms with Gasteiger partial charge in [-0.3, -0.25) is 0 Å². The number of aliphatic hydroxyl groups excluding tert-OH is 6. The smallest absolute Gasteiger partial charge is 0.143 e. The largest absolute Gasteiger partial charge is 0.390 e. The maximum Gasteiger partial charge on any atom is 0.143 e. The Kier molecular flexibility index (Phi) is 17.3. The van der Waals surface area contributed by atoms with E-state index in [9.17, 15) is 30.6 Å². The molecule has 99 heavy (non-hydrogen) atoms. The quantitative estimate of drug-likeness (QED) is 0.0761. The summed E-state index contributed by atoms with van der Waals surface area (Å²) in [5.74, 6) is 0.443. The van der Waals surface area contributed by atoms with E-state index in [0.29, 0.717) is 74.5 Å². The van der Waals surface area contributed by atoms with Gasteiger partial charge in [-0.1, -0.05) is 59.6 Å². The van der Waals surface area contributed by atoms with Crippen molar-refractivity contribution >= 4 is 143 Å². The topological polar surface area (TPSA) is 306 Å². The van der Waals surface area contributed by atoms with Crippen LogP contribution in [0.5, 0.6) is 0 Å². The predicted octanol–water partition coefficient (Wildman–Crippen LogP) is 12.5. The standard InChI is InChI=1S/2C24H22BrClN4O3.C24H24BrN5O3/c3*1-12-15-4-5-30(23(15)28-11-27-12)18-8-24(21(32)20(18)31)9-19(33-10-24)14-3-2-13-6-16(25)22(26)29-17(13)7-14/h2*2-7,11,18-21,31-32H,8-10H2,1H3;2-7,11,18-21,31-32H,8-10H2,1H3,(H2,26,29)/t18-,19+,20+,21+,24-;2*18-,19-,20+,21+,24-/m111/s1. The summed E-state index contributed by atoms with van der Waals surface area (Å²) in [6.45, 7) is 6.97. The van der Waals surface area contributed by atoms with Gasteiger partial charge in [0.05, 0.1) is 122 Å². The van der Waals surface area contributed by atoms with Crippen molar-refractivity contribution < 1.29 is 44.8 Å². The molecule has 3 spiro atoms. The summed E-state index contributed by atoms with van der Waals surface area (Å²) >= 11 is 22.6. The first-order valence-electron chi connectivity index (χ1n) is 32.7. The van der Waals surface area contributed by atoms with Crippen LogP contribution in [0.4, 0.5) is 5.82 Å². The highest BCUT2D eigenvalue weighted by Gasteiger charge is 2.60. The van der Waals surface area contributed by atoms with Gasteiger partial charge in [-0.15, -0.1) is 0 Å². The first kappa shape index (κ1) is 66.7. The van der Waals surface area contributed by atoms with Crippen LogP contribution in [0, 0.1) is 37.0 Å². The molecule has 12 aromatic rings. The van der Waals surface area contributed by atoms with Crippen LogP contribution in [-0.4, -0.2) is 146 Å². The highest BCUT2D eigenvalue weighted by atomic mass is 79.9. The van der Waals surface area contributed by atoms with Crippen molar-refractivity contribution in [1.29, 1.82) is 0 Å².